The highest BCUT2D eigenvalue weighted by Gasteiger charge is 2.35. The molecule has 1 atom stereocenters. The van der Waals surface area contributed by atoms with Gasteiger partial charge in [0.25, 0.3) is 5.91 Å². The molecule has 6 nitrogen and oxygen atoms in total. The van der Waals surface area contributed by atoms with E-state index in [-0.39, 0.29) is 5.91 Å². The van der Waals surface area contributed by atoms with Gasteiger partial charge in [0.05, 0.1) is 12.2 Å². The summed E-state index contributed by atoms with van der Waals surface area (Å²) in [4.78, 5) is 16.3. The molecule has 0 radical (unpaired) electrons. The van der Waals surface area contributed by atoms with E-state index >= 15 is 0 Å². The Kier molecular flexibility index (Phi) is 4.34. The molecule has 1 aliphatic rings. The van der Waals surface area contributed by atoms with Crippen molar-refractivity contribution in [2.24, 2.45) is 0 Å². The van der Waals surface area contributed by atoms with Gasteiger partial charge in [-0.25, -0.2) is 4.98 Å². The smallest absolute Gasteiger partial charge is 0.255 e. The van der Waals surface area contributed by atoms with Gasteiger partial charge in [-0.2, -0.15) is 0 Å². The van der Waals surface area contributed by atoms with Gasteiger partial charge in [-0.05, 0) is 12.1 Å². The molecule has 1 amide bonds. The fourth-order valence-corrected chi connectivity index (χ4v) is 2.09. The zero-order valence-electron chi connectivity index (χ0n) is 11.2. The van der Waals surface area contributed by atoms with Gasteiger partial charge in [0.15, 0.2) is 0 Å². The molecule has 0 bridgehead atoms. The second-order valence-electron chi connectivity index (χ2n) is 4.52. The third kappa shape index (κ3) is 3.02. The minimum absolute atomic E-state index is 0.166. The molecule has 1 unspecified atom stereocenters. The first-order valence-corrected chi connectivity index (χ1v) is 6.25. The molecule has 0 aromatic carbocycles. The van der Waals surface area contributed by atoms with E-state index in [9.17, 15) is 4.79 Å². The maximum Gasteiger partial charge on any atom is 0.255 e. The number of hydrogen-bond acceptors (Lipinski definition) is 5. The van der Waals surface area contributed by atoms with Crippen LogP contribution in [0.15, 0.2) is 18.3 Å². The van der Waals surface area contributed by atoms with Crippen molar-refractivity contribution in [3.63, 3.8) is 0 Å². The van der Waals surface area contributed by atoms with Crippen molar-refractivity contribution in [2.45, 2.75) is 12.0 Å². The van der Waals surface area contributed by atoms with Gasteiger partial charge in [-0.15, -0.1) is 0 Å². The Morgan fingerprint density at radius 2 is 2.47 bits per heavy atom. The van der Waals surface area contributed by atoms with Crippen LogP contribution in [0.1, 0.15) is 16.8 Å². The number of rotatable bonds is 5. The number of hydrogen-bond donors (Lipinski definition) is 2. The van der Waals surface area contributed by atoms with Crippen molar-refractivity contribution in [3.05, 3.63) is 23.9 Å². The quantitative estimate of drug-likeness (QED) is 0.818. The minimum atomic E-state index is -0.405. The number of nitrogens with zero attached hydrogens (tertiary/aromatic N) is 1. The highest BCUT2D eigenvalue weighted by molar-refractivity contribution is 5.98. The number of pyridine rings is 1. The molecule has 2 rings (SSSR count). The molecule has 1 aromatic rings. The summed E-state index contributed by atoms with van der Waals surface area (Å²) in [6.07, 6.45) is 2.43. The summed E-state index contributed by atoms with van der Waals surface area (Å²) < 4.78 is 10.8. The van der Waals surface area contributed by atoms with Gasteiger partial charge >= 0.3 is 0 Å². The van der Waals surface area contributed by atoms with Crippen LogP contribution in [0.2, 0.25) is 0 Å². The van der Waals surface area contributed by atoms with Gasteiger partial charge in [0.1, 0.15) is 11.4 Å². The lowest BCUT2D eigenvalue weighted by Crippen LogP contribution is -2.45. The summed E-state index contributed by atoms with van der Waals surface area (Å²) in [5.74, 6) is 0.398. The lowest BCUT2D eigenvalue weighted by atomic mass is 10.0. The van der Waals surface area contributed by atoms with Gasteiger partial charge in [-0.3, -0.25) is 4.79 Å². The van der Waals surface area contributed by atoms with Gasteiger partial charge in [0, 0.05) is 39.9 Å². The first-order chi connectivity index (χ1) is 9.21. The number of amides is 1. The van der Waals surface area contributed by atoms with Crippen molar-refractivity contribution in [1.82, 2.24) is 10.3 Å². The second kappa shape index (κ2) is 5.99. The molecule has 104 valence electrons. The van der Waals surface area contributed by atoms with E-state index in [1.807, 2.05) is 0 Å². The average molecular weight is 265 g/mol. The predicted molar refractivity (Wildman–Crippen MR) is 71.3 cm³/mol. The number of carbonyl (C=O) groups excluding carboxylic acids is 1. The maximum absolute atomic E-state index is 12.2. The monoisotopic (exact) mass is 265 g/mol. The topological polar surface area (TPSA) is 72.5 Å². The Balaban J connectivity index is 2.01. The zero-order chi connectivity index (χ0) is 13.7. The Morgan fingerprint density at radius 3 is 3.11 bits per heavy atom. The fraction of sp³-hybridized carbons (Fsp3) is 0.538. The number of carbonyl (C=O) groups is 1. The molecule has 2 heterocycles. The molecule has 1 aliphatic heterocycles. The first kappa shape index (κ1) is 13.8. The van der Waals surface area contributed by atoms with Crippen molar-refractivity contribution >= 4 is 11.7 Å². The van der Waals surface area contributed by atoms with Crippen molar-refractivity contribution < 1.29 is 14.3 Å². The third-order valence-corrected chi connectivity index (χ3v) is 3.36. The molecule has 1 saturated heterocycles. The SMILES string of the molecule is CNc1ncccc1C(=O)NCC1(OC)CCOC1. The Hall–Kier alpha value is -1.66. The Morgan fingerprint density at radius 1 is 1.63 bits per heavy atom. The molecule has 2 N–H and O–H groups in total. The Labute approximate surface area is 112 Å². The summed E-state index contributed by atoms with van der Waals surface area (Å²) in [5.41, 5.74) is 0.118. The summed E-state index contributed by atoms with van der Waals surface area (Å²) in [6, 6.07) is 3.47. The highest BCUT2D eigenvalue weighted by Crippen LogP contribution is 2.21. The normalized spacial score (nSPS) is 22.2. The molecular weight excluding hydrogens is 246 g/mol. The maximum atomic E-state index is 12.2. The molecule has 0 spiro atoms. The highest BCUT2D eigenvalue weighted by atomic mass is 16.5. The molecular formula is C13H19N3O3. The fourth-order valence-electron chi connectivity index (χ4n) is 2.09. The minimum Gasteiger partial charge on any atom is -0.378 e. The largest absolute Gasteiger partial charge is 0.378 e. The van der Waals surface area contributed by atoms with E-state index in [0.717, 1.165) is 6.42 Å². The molecule has 6 heteroatoms. The van der Waals surface area contributed by atoms with E-state index in [0.29, 0.717) is 31.1 Å². The van der Waals surface area contributed by atoms with Crippen LogP contribution in [0.5, 0.6) is 0 Å². The van der Waals surface area contributed by atoms with E-state index < -0.39 is 5.60 Å². The third-order valence-electron chi connectivity index (χ3n) is 3.36. The molecule has 19 heavy (non-hydrogen) atoms. The standard InChI is InChI=1S/C13H19N3O3/c1-14-11-10(4-3-6-15-11)12(17)16-8-13(18-2)5-7-19-9-13/h3-4,6H,5,7-9H2,1-2H3,(H,14,15)(H,16,17). The van der Waals surface area contributed by atoms with Crippen molar-refractivity contribution in [3.8, 4) is 0 Å². The molecule has 1 aromatic heterocycles. The van der Waals surface area contributed by atoms with Crippen molar-refractivity contribution in [2.75, 3.05) is 39.2 Å². The number of ether oxygens (including phenoxy) is 2. The summed E-state index contributed by atoms with van der Waals surface area (Å²) in [7, 11) is 3.38. The zero-order valence-corrected chi connectivity index (χ0v) is 11.2. The predicted octanol–water partition coefficient (Wildman–Crippen LogP) is 0.659. The van der Waals surface area contributed by atoms with E-state index in [1.165, 1.54) is 0 Å². The van der Waals surface area contributed by atoms with Crippen LogP contribution in [0.4, 0.5) is 5.82 Å². The van der Waals surface area contributed by atoms with Crippen LogP contribution in [-0.2, 0) is 9.47 Å². The van der Waals surface area contributed by atoms with Crippen molar-refractivity contribution in [1.29, 1.82) is 0 Å². The van der Waals surface area contributed by atoms with Crippen LogP contribution in [0, 0.1) is 0 Å². The molecule has 0 aliphatic carbocycles. The number of nitrogens with one attached hydrogen (secondary N) is 2. The van der Waals surface area contributed by atoms with Crippen LogP contribution >= 0.6 is 0 Å². The van der Waals surface area contributed by atoms with Crippen LogP contribution < -0.4 is 10.6 Å². The van der Waals surface area contributed by atoms with E-state index in [1.54, 1.807) is 32.5 Å². The summed E-state index contributed by atoms with van der Waals surface area (Å²) >= 11 is 0. The van der Waals surface area contributed by atoms with E-state index in [4.69, 9.17) is 9.47 Å². The lowest BCUT2D eigenvalue weighted by molar-refractivity contribution is -0.0148. The van der Waals surface area contributed by atoms with Crippen LogP contribution in [-0.4, -0.2) is 50.4 Å². The molecule has 1 fully saturated rings. The average Bonchev–Trinajstić information content (AvgIpc) is 2.94. The van der Waals surface area contributed by atoms with Gasteiger partial charge in [-0.1, -0.05) is 0 Å². The van der Waals surface area contributed by atoms with Crippen LogP contribution in [0.3, 0.4) is 0 Å². The van der Waals surface area contributed by atoms with E-state index in [2.05, 4.69) is 15.6 Å². The molecule has 0 saturated carbocycles. The van der Waals surface area contributed by atoms with Crippen LogP contribution in [0.25, 0.3) is 0 Å². The summed E-state index contributed by atoms with van der Waals surface area (Å²) in [5, 5.41) is 5.78. The Bertz CT molecular complexity index is 445. The lowest BCUT2D eigenvalue weighted by Gasteiger charge is -2.26. The van der Waals surface area contributed by atoms with Gasteiger partial charge in [0.2, 0.25) is 0 Å². The number of methoxy groups -OCH3 is 1. The first-order valence-electron chi connectivity index (χ1n) is 6.25. The number of anilines is 1. The van der Waals surface area contributed by atoms with Gasteiger partial charge < -0.3 is 20.1 Å². The number of aromatic nitrogens is 1. The second-order valence-corrected chi connectivity index (χ2v) is 4.52. The summed E-state index contributed by atoms with van der Waals surface area (Å²) in [6.45, 7) is 1.61.